The number of nitrogens with one attached hydrogen (secondary N) is 5. The fourth-order valence-corrected chi connectivity index (χ4v) is 4.22. The molecule has 0 saturated carbocycles. The summed E-state index contributed by atoms with van der Waals surface area (Å²) < 4.78 is 5.14. The van der Waals surface area contributed by atoms with Crippen LogP contribution in [0.15, 0.2) is 42.5 Å². The molecule has 0 saturated heterocycles. The van der Waals surface area contributed by atoms with Crippen LogP contribution in [0.5, 0.6) is 0 Å². The van der Waals surface area contributed by atoms with Crippen molar-refractivity contribution in [2.45, 2.75) is 71.6 Å². The molecule has 1 aromatic rings. The van der Waals surface area contributed by atoms with Crippen molar-refractivity contribution in [1.29, 1.82) is 0 Å². The first kappa shape index (κ1) is 36.4. The number of carbonyl (C=O) groups excluding carboxylic acids is 7. The van der Waals surface area contributed by atoms with Gasteiger partial charge in [0.2, 0.25) is 23.6 Å². The molecular formula is C31H44N6O8. The molecule has 2 atom stereocenters. The van der Waals surface area contributed by atoms with Crippen LogP contribution >= 0.6 is 0 Å². The lowest BCUT2D eigenvalue weighted by Gasteiger charge is -2.24. The van der Waals surface area contributed by atoms with Crippen molar-refractivity contribution in [1.82, 2.24) is 31.5 Å². The van der Waals surface area contributed by atoms with E-state index in [0.29, 0.717) is 6.42 Å². The average molecular weight is 629 g/mol. The molecular weight excluding hydrogens is 584 g/mol. The highest BCUT2D eigenvalue weighted by atomic mass is 16.6. The molecule has 0 unspecified atom stereocenters. The third kappa shape index (κ3) is 14.1. The average Bonchev–Trinajstić information content (AvgIpc) is 3.28. The molecule has 1 aromatic carbocycles. The number of carbonyl (C=O) groups is 7. The lowest BCUT2D eigenvalue weighted by atomic mass is 10.0. The molecule has 0 bridgehead atoms. The predicted octanol–water partition coefficient (Wildman–Crippen LogP) is 0.317. The highest BCUT2D eigenvalue weighted by molar-refractivity contribution is 6.12. The van der Waals surface area contributed by atoms with Gasteiger partial charge in [-0.15, -0.1) is 0 Å². The number of hydrogen-bond donors (Lipinski definition) is 5. The van der Waals surface area contributed by atoms with Crippen LogP contribution in [-0.2, 0) is 39.9 Å². The lowest BCUT2D eigenvalue weighted by Crippen LogP contribution is -2.56. The number of benzene rings is 1. The van der Waals surface area contributed by atoms with E-state index in [9.17, 15) is 33.6 Å². The summed E-state index contributed by atoms with van der Waals surface area (Å²) in [5, 5.41) is 12.8. The van der Waals surface area contributed by atoms with Crippen LogP contribution in [0.2, 0.25) is 0 Å². The molecule has 0 aromatic heterocycles. The van der Waals surface area contributed by atoms with Crippen molar-refractivity contribution < 1.29 is 38.3 Å². The van der Waals surface area contributed by atoms with Crippen LogP contribution in [0.1, 0.15) is 53.0 Å². The lowest BCUT2D eigenvalue weighted by molar-refractivity contribution is -0.136. The Morgan fingerprint density at radius 3 is 2.02 bits per heavy atom. The zero-order valence-electron chi connectivity index (χ0n) is 26.4. The predicted molar refractivity (Wildman–Crippen MR) is 164 cm³/mol. The zero-order valence-corrected chi connectivity index (χ0v) is 26.4. The van der Waals surface area contributed by atoms with E-state index in [2.05, 4.69) is 26.6 Å². The Labute approximate surface area is 263 Å². The number of nitrogens with zero attached hydrogens (tertiary/aromatic N) is 1. The molecule has 14 nitrogen and oxygen atoms in total. The van der Waals surface area contributed by atoms with Gasteiger partial charge in [-0.3, -0.25) is 33.7 Å². The summed E-state index contributed by atoms with van der Waals surface area (Å²) in [6, 6.07) is 6.90. The van der Waals surface area contributed by atoms with Gasteiger partial charge in [0, 0.05) is 31.7 Å². The smallest absolute Gasteiger partial charge is 0.408 e. The summed E-state index contributed by atoms with van der Waals surface area (Å²) in [6.45, 7) is 8.35. The molecule has 0 radical (unpaired) electrons. The summed E-state index contributed by atoms with van der Waals surface area (Å²) in [5.74, 6) is -3.12. The van der Waals surface area contributed by atoms with Crippen molar-refractivity contribution >= 4 is 41.5 Å². The number of amides is 7. The van der Waals surface area contributed by atoms with E-state index in [0.717, 1.165) is 10.5 Å². The molecule has 1 aliphatic rings. The first-order valence-corrected chi connectivity index (χ1v) is 14.8. The van der Waals surface area contributed by atoms with Crippen molar-refractivity contribution in [3.05, 3.63) is 48.0 Å². The highest BCUT2D eigenvalue weighted by Crippen LogP contribution is 2.09. The minimum atomic E-state index is -1.07. The number of alkyl carbamates (subject to hydrolysis) is 1. The Morgan fingerprint density at radius 1 is 0.800 bits per heavy atom. The monoisotopic (exact) mass is 628 g/mol. The van der Waals surface area contributed by atoms with Crippen molar-refractivity contribution in [3.8, 4) is 0 Å². The van der Waals surface area contributed by atoms with E-state index in [1.807, 2.05) is 19.9 Å². The van der Waals surface area contributed by atoms with Gasteiger partial charge in [0.1, 0.15) is 24.2 Å². The summed E-state index contributed by atoms with van der Waals surface area (Å²) in [7, 11) is 0. The van der Waals surface area contributed by atoms with Crippen molar-refractivity contribution in [2.24, 2.45) is 5.92 Å². The summed E-state index contributed by atoms with van der Waals surface area (Å²) >= 11 is 0. The van der Waals surface area contributed by atoms with E-state index < -0.39 is 65.8 Å². The second-order valence-electron chi connectivity index (χ2n) is 11.9. The van der Waals surface area contributed by atoms with Crippen LogP contribution < -0.4 is 26.6 Å². The van der Waals surface area contributed by atoms with E-state index in [1.54, 1.807) is 45.0 Å². The van der Waals surface area contributed by atoms with Gasteiger partial charge in [-0.25, -0.2) is 4.79 Å². The topological polar surface area (TPSA) is 192 Å². The van der Waals surface area contributed by atoms with Crippen LogP contribution in [0.4, 0.5) is 4.79 Å². The second-order valence-corrected chi connectivity index (χ2v) is 11.9. The Hall–Kier alpha value is -4.75. The normalized spacial score (nSPS) is 14.0. The molecule has 2 rings (SSSR count). The fraction of sp³-hybridized carbons (Fsp3) is 0.516. The molecule has 5 N–H and O–H groups in total. The Bertz CT molecular complexity index is 1240. The van der Waals surface area contributed by atoms with E-state index in [-0.39, 0.29) is 38.4 Å². The standard InChI is InChI=1S/C31H44N6O8/c1-20(2)16-22(28(42)33-18-24(38)32-14-9-15-37-26(40)12-13-27(37)41)36-29(43)23(17-21-10-7-6-8-11-21)35-25(39)19-34-30(44)45-31(3,4)5/h6-8,10-13,20,22-23H,9,14-19H2,1-5H3,(H,32,38)(H,33,42)(H,34,44)(H,35,39)(H,36,43)/t22-,23-/m0/s1. The molecule has 1 aliphatic heterocycles. The molecule has 7 amide bonds. The van der Waals surface area contributed by atoms with Gasteiger partial charge in [-0.1, -0.05) is 44.2 Å². The number of imide groups is 1. The van der Waals surface area contributed by atoms with Crippen LogP contribution in [0.25, 0.3) is 0 Å². The first-order chi connectivity index (χ1) is 21.1. The number of hydrogen-bond acceptors (Lipinski definition) is 8. The Kier molecular flexibility index (Phi) is 14.2. The number of ether oxygens (including phenoxy) is 1. The maximum atomic E-state index is 13.4. The maximum absolute atomic E-state index is 13.4. The Morgan fingerprint density at radius 2 is 1.42 bits per heavy atom. The molecule has 14 heteroatoms. The van der Waals surface area contributed by atoms with Gasteiger partial charge in [-0.05, 0) is 45.1 Å². The van der Waals surface area contributed by atoms with Crippen LogP contribution in [0.3, 0.4) is 0 Å². The van der Waals surface area contributed by atoms with Crippen molar-refractivity contribution in [3.63, 3.8) is 0 Å². The molecule has 1 heterocycles. The maximum Gasteiger partial charge on any atom is 0.408 e. The van der Waals surface area contributed by atoms with Crippen molar-refractivity contribution in [2.75, 3.05) is 26.2 Å². The van der Waals surface area contributed by atoms with Crippen LogP contribution in [0, 0.1) is 5.92 Å². The molecule has 0 spiro atoms. The van der Waals surface area contributed by atoms with Gasteiger partial charge in [-0.2, -0.15) is 0 Å². The minimum Gasteiger partial charge on any atom is -0.444 e. The first-order valence-electron chi connectivity index (χ1n) is 14.8. The molecule has 45 heavy (non-hydrogen) atoms. The molecule has 0 fully saturated rings. The van der Waals surface area contributed by atoms with E-state index in [4.69, 9.17) is 4.74 Å². The van der Waals surface area contributed by atoms with Gasteiger partial charge in [0.25, 0.3) is 11.8 Å². The highest BCUT2D eigenvalue weighted by Gasteiger charge is 2.28. The SMILES string of the molecule is CC(C)C[C@H](NC(=O)[C@H](Cc1ccccc1)NC(=O)CNC(=O)OC(C)(C)C)C(=O)NCC(=O)NCCCN1C(=O)C=CC1=O. The fourth-order valence-electron chi connectivity index (χ4n) is 4.22. The minimum absolute atomic E-state index is 0.000526. The van der Waals surface area contributed by atoms with Gasteiger partial charge >= 0.3 is 6.09 Å². The third-order valence-corrected chi connectivity index (χ3v) is 6.27. The second kappa shape index (κ2) is 17.5. The van der Waals surface area contributed by atoms with E-state index in [1.165, 1.54) is 12.2 Å². The summed E-state index contributed by atoms with van der Waals surface area (Å²) in [6.07, 6.45) is 2.31. The quantitative estimate of drug-likeness (QED) is 0.128. The zero-order chi connectivity index (χ0) is 33.6. The largest absolute Gasteiger partial charge is 0.444 e. The van der Waals surface area contributed by atoms with Gasteiger partial charge < -0.3 is 31.3 Å². The van der Waals surface area contributed by atoms with Crippen LogP contribution in [-0.4, -0.2) is 90.3 Å². The molecule has 246 valence electrons. The third-order valence-electron chi connectivity index (χ3n) is 6.27. The van der Waals surface area contributed by atoms with E-state index >= 15 is 0 Å². The van der Waals surface area contributed by atoms with Gasteiger partial charge in [0.05, 0.1) is 6.54 Å². The summed E-state index contributed by atoms with van der Waals surface area (Å²) in [5.41, 5.74) is 0.00613. The Balaban J connectivity index is 1.95. The van der Waals surface area contributed by atoms with Gasteiger partial charge in [0.15, 0.2) is 0 Å². The number of rotatable bonds is 16. The molecule has 0 aliphatic carbocycles. The summed E-state index contributed by atoms with van der Waals surface area (Å²) in [4.78, 5) is 87.7.